The minimum absolute atomic E-state index is 0.103. The molecule has 0 heterocycles. The first-order valence-electron chi connectivity index (χ1n) is 8.80. The Balaban J connectivity index is 3.25. The Morgan fingerprint density at radius 3 is 2.29 bits per heavy atom. The van der Waals surface area contributed by atoms with Crippen LogP contribution in [-0.4, -0.2) is 48.0 Å². The summed E-state index contributed by atoms with van der Waals surface area (Å²) >= 11 is 1.03. The molecule has 1 amide bonds. The van der Waals surface area contributed by atoms with Crippen LogP contribution in [-0.2, 0) is 23.9 Å². The van der Waals surface area contributed by atoms with Crippen LogP contribution >= 0.6 is 11.8 Å². The number of carbonyl (C=O) groups is 4. The van der Waals surface area contributed by atoms with Crippen molar-refractivity contribution < 1.29 is 28.7 Å². The average Bonchev–Trinajstić information content (AvgIpc) is 2.61. The molecular weight excluding hydrogens is 382 g/mol. The van der Waals surface area contributed by atoms with Crippen molar-refractivity contribution in [2.24, 2.45) is 5.92 Å². The van der Waals surface area contributed by atoms with Crippen LogP contribution in [0.25, 0.3) is 0 Å². The van der Waals surface area contributed by atoms with E-state index in [0.717, 1.165) is 11.8 Å². The number of rotatable bonds is 7. The van der Waals surface area contributed by atoms with E-state index in [-0.39, 0.29) is 28.7 Å². The first-order chi connectivity index (χ1) is 13.0. The summed E-state index contributed by atoms with van der Waals surface area (Å²) in [5, 5.41) is -0.103. The molecule has 1 rings (SSSR count). The quantitative estimate of drug-likeness (QED) is 0.639. The molecular formula is C20H27NO6S. The number of hydrogen-bond donors (Lipinski definition) is 0. The second-order valence-corrected chi connectivity index (χ2v) is 8.42. The van der Waals surface area contributed by atoms with E-state index in [4.69, 9.17) is 9.47 Å². The third kappa shape index (κ3) is 7.34. The van der Waals surface area contributed by atoms with Crippen LogP contribution < -0.4 is 4.90 Å². The van der Waals surface area contributed by atoms with Crippen LogP contribution in [0.1, 0.15) is 45.0 Å². The number of anilines is 1. The summed E-state index contributed by atoms with van der Waals surface area (Å²) in [4.78, 5) is 50.0. The molecule has 1 aromatic rings. The summed E-state index contributed by atoms with van der Waals surface area (Å²) in [6.45, 7) is 7.91. The fourth-order valence-electron chi connectivity index (χ4n) is 2.36. The Hall–Kier alpha value is -2.35. The molecule has 0 aliphatic rings. The smallest absolute Gasteiger partial charge is 0.339 e. The lowest BCUT2D eigenvalue weighted by Crippen LogP contribution is -2.42. The molecule has 0 aliphatic heterocycles. The highest BCUT2D eigenvalue weighted by molar-refractivity contribution is 8.13. The van der Waals surface area contributed by atoms with Crippen molar-refractivity contribution in [3.63, 3.8) is 0 Å². The molecule has 0 saturated heterocycles. The molecule has 1 unspecified atom stereocenters. The predicted molar refractivity (Wildman–Crippen MR) is 108 cm³/mol. The van der Waals surface area contributed by atoms with Gasteiger partial charge in [-0.05, 0) is 32.9 Å². The van der Waals surface area contributed by atoms with Crippen molar-refractivity contribution in [1.82, 2.24) is 0 Å². The van der Waals surface area contributed by atoms with Gasteiger partial charge in [-0.3, -0.25) is 14.4 Å². The second-order valence-electron chi connectivity index (χ2n) is 7.22. The summed E-state index contributed by atoms with van der Waals surface area (Å²) in [6, 6.07) is 6.39. The molecule has 1 aromatic carbocycles. The zero-order valence-corrected chi connectivity index (χ0v) is 17.9. The summed E-state index contributed by atoms with van der Waals surface area (Å²) < 4.78 is 10.1. The van der Waals surface area contributed by atoms with Crippen molar-refractivity contribution >= 4 is 40.4 Å². The van der Waals surface area contributed by atoms with Gasteiger partial charge in [-0.25, -0.2) is 4.79 Å². The topological polar surface area (TPSA) is 90.0 Å². The fraction of sp³-hybridized carbons (Fsp3) is 0.500. The van der Waals surface area contributed by atoms with Crippen LogP contribution in [0.4, 0.5) is 5.69 Å². The molecule has 0 saturated carbocycles. The van der Waals surface area contributed by atoms with Crippen molar-refractivity contribution in [2.75, 3.05) is 24.3 Å². The van der Waals surface area contributed by atoms with Gasteiger partial charge in [0, 0.05) is 18.6 Å². The van der Waals surface area contributed by atoms with Gasteiger partial charge in [0.1, 0.15) is 12.1 Å². The summed E-state index contributed by atoms with van der Waals surface area (Å²) in [5.41, 5.74) is -0.303. The lowest BCUT2D eigenvalue weighted by atomic mass is 10.1. The summed E-state index contributed by atoms with van der Waals surface area (Å²) in [5.74, 6) is -1.91. The molecule has 0 N–H and O–H groups in total. The third-order valence-electron chi connectivity index (χ3n) is 3.53. The zero-order valence-electron chi connectivity index (χ0n) is 17.1. The number of benzene rings is 1. The number of esters is 2. The normalized spacial score (nSPS) is 12.1. The minimum Gasteiger partial charge on any atom is -0.465 e. The van der Waals surface area contributed by atoms with Gasteiger partial charge in [0.15, 0.2) is 5.12 Å². The maximum Gasteiger partial charge on any atom is 0.339 e. The lowest BCUT2D eigenvalue weighted by molar-refractivity contribution is -0.153. The number of carbonyl (C=O) groups excluding carboxylic acids is 4. The summed E-state index contributed by atoms with van der Waals surface area (Å²) in [7, 11) is 1.24. The Kier molecular flexibility index (Phi) is 8.68. The molecule has 0 spiro atoms. The Labute approximate surface area is 169 Å². The molecule has 1 atom stereocenters. The number of methoxy groups -OCH3 is 1. The van der Waals surface area contributed by atoms with Crippen molar-refractivity contribution in [2.45, 2.75) is 40.2 Å². The Bertz CT molecular complexity index is 740. The van der Waals surface area contributed by atoms with Gasteiger partial charge in [0.25, 0.3) is 0 Å². The van der Waals surface area contributed by atoms with E-state index in [1.165, 1.54) is 25.0 Å². The predicted octanol–water partition coefficient (Wildman–Crippen LogP) is 3.06. The molecule has 0 aromatic heterocycles. The zero-order chi connectivity index (χ0) is 21.5. The van der Waals surface area contributed by atoms with Crippen LogP contribution in [0.15, 0.2) is 24.3 Å². The number of nitrogens with zero attached hydrogens (tertiary/aromatic N) is 1. The molecule has 0 bridgehead atoms. The molecule has 8 heteroatoms. The van der Waals surface area contributed by atoms with E-state index in [1.54, 1.807) is 45.9 Å². The lowest BCUT2D eigenvalue weighted by Gasteiger charge is -2.28. The number of ether oxygens (including phenoxy) is 2. The molecule has 7 nitrogen and oxygen atoms in total. The monoisotopic (exact) mass is 409 g/mol. The van der Waals surface area contributed by atoms with E-state index >= 15 is 0 Å². The maximum atomic E-state index is 13.1. The average molecular weight is 410 g/mol. The SMILES string of the molecule is COC(=O)c1ccccc1N(CC(=O)OC(C)(C)C)C(=O)C(C)CSC(C)=O. The van der Waals surface area contributed by atoms with Gasteiger partial charge in [-0.1, -0.05) is 30.8 Å². The van der Waals surface area contributed by atoms with Gasteiger partial charge in [-0.2, -0.15) is 0 Å². The van der Waals surface area contributed by atoms with E-state index in [9.17, 15) is 19.2 Å². The molecule has 0 aliphatic carbocycles. The molecule has 0 fully saturated rings. The van der Waals surface area contributed by atoms with Gasteiger partial charge >= 0.3 is 11.9 Å². The van der Waals surface area contributed by atoms with E-state index in [2.05, 4.69) is 0 Å². The first kappa shape index (κ1) is 23.7. The molecule has 154 valence electrons. The second kappa shape index (κ2) is 10.3. The number of thioether (sulfide) groups is 1. The largest absolute Gasteiger partial charge is 0.465 e. The van der Waals surface area contributed by atoms with Crippen LogP contribution in [0, 0.1) is 5.92 Å². The number of amides is 1. The van der Waals surface area contributed by atoms with Gasteiger partial charge < -0.3 is 14.4 Å². The Morgan fingerprint density at radius 1 is 1.14 bits per heavy atom. The Morgan fingerprint density at radius 2 is 1.75 bits per heavy atom. The van der Waals surface area contributed by atoms with E-state index < -0.39 is 29.4 Å². The highest BCUT2D eigenvalue weighted by Gasteiger charge is 2.29. The standard InChI is InChI=1S/C20H27NO6S/c1-13(12-28-14(2)22)18(24)21(11-17(23)27-20(3,4)5)16-10-8-7-9-15(16)19(25)26-6/h7-10,13H,11-12H2,1-6H3. The fourth-order valence-corrected chi connectivity index (χ4v) is 2.98. The van der Waals surface area contributed by atoms with Crippen molar-refractivity contribution in [3.8, 4) is 0 Å². The number of hydrogen-bond acceptors (Lipinski definition) is 7. The van der Waals surface area contributed by atoms with E-state index in [0.29, 0.717) is 0 Å². The first-order valence-corrected chi connectivity index (χ1v) is 9.78. The minimum atomic E-state index is -0.718. The third-order valence-corrected chi connectivity index (χ3v) is 4.60. The van der Waals surface area contributed by atoms with Crippen molar-refractivity contribution in [3.05, 3.63) is 29.8 Å². The van der Waals surface area contributed by atoms with Gasteiger partial charge in [0.05, 0.1) is 18.4 Å². The van der Waals surface area contributed by atoms with Crippen LogP contribution in [0.2, 0.25) is 0 Å². The highest BCUT2D eigenvalue weighted by atomic mass is 32.2. The van der Waals surface area contributed by atoms with Crippen LogP contribution in [0.5, 0.6) is 0 Å². The van der Waals surface area contributed by atoms with Crippen molar-refractivity contribution in [1.29, 1.82) is 0 Å². The van der Waals surface area contributed by atoms with E-state index in [1.807, 2.05) is 0 Å². The van der Waals surface area contributed by atoms with Crippen LogP contribution in [0.3, 0.4) is 0 Å². The highest BCUT2D eigenvalue weighted by Crippen LogP contribution is 2.25. The number of para-hydroxylation sites is 1. The van der Waals surface area contributed by atoms with Gasteiger partial charge in [0.2, 0.25) is 5.91 Å². The maximum absolute atomic E-state index is 13.1. The summed E-state index contributed by atoms with van der Waals surface area (Å²) in [6.07, 6.45) is 0. The van der Waals surface area contributed by atoms with Gasteiger partial charge in [-0.15, -0.1) is 0 Å². The molecule has 28 heavy (non-hydrogen) atoms. The molecule has 0 radical (unpaired) electrons.